The van der Waals surface area contributed by atoms with E-state index in [-0.39, 0.29) is 0 Å². The van der Waals surface area contributed by atoms with Gasteiger partial charge in [0.15, 0.2) is 0 Å². The number of nitrogens with two attached hydrogens (primary N) is 1. The lowest BCUT2D eigenvalue weighted by Crippen LogP contribution is -2.55. The molecule has 2 aliphatic heterocycles. The predicted octanol–water partition coefficient (Wildman–Crippen LogP) is 2.49. The van der Waals surface area contributed by atoms with Crippen molar-refractivity contribution >= 4 is 22.4 Å². The molecule has 2 fully saturated rings. The molecule has 1 unspecified atom stereocenters. The Bertz CT molecular complexity index is 654. The lowest BCUT2D eigenvalue weighted by Gasteiger charge is -2.44. The fourth-order valence-electron chi connectivity index (χ4n) is 3.67. The molecule has 0 aliphatic carbocycles. The minimum absolute atomic E-state index is 0.719. The highest BCUT2D eigenvalue weighted by molar-refractivity contribution is 5.83. The molecule has 4 heteroatoms. The molecule has 2 aliphatic rings. The van der Waals surface area contributed by atoms with Crippen LogP contribution in [0.3, 0.4) is 0 Å². The van der Waals surface area contributed by atoms with Crippen LogP contribution in [0.1, 0.15) is 19.3 Å². The monoisotopic (exact) mass is 282 g/mol. The standard InChI is InChI=1S/C17H22N4/c18-14-5-6-16-13(11-14)4-7-17(19-16)21-10-9-20-8-2-1-3-15(20)12-21/h4-7,11,15H,1-3,8-10,12,18H2. The Labute approximate surface area is 125 Å². The zero-order chi connectivity index (χ0) is 14.2. The Hall–Kier alpha value is -1.81. The van der Waals surface area contributed by atoms with Crippen LogP contribution in [0.5, 0.6) is 0 Å². The third-order valence-corrected chi connectivity index (χ3v) is 4.86. The van der Waals surface area contributed by atoms with Gasteiger partial charge in [-0.3, -0.25) is 4.90 Å². The molecule has 21 heavy (non-hydrogen) atoms. The summed E-state index contributed by atoms with van der Waals surface area (Å²) in [6, 6.07) is 10.9. The largest absolute Gasteiger partial charge is 0.399 e. The first-order chi connectivity index (χ1) is 10.3. The van der Waals surface area contributed by atoms with Gasteiger partial charge >= 0.3 is 0 Å². The van der Waals surface area contributed by atoms with Gasteiger partial charge in [0.25, 0.3) is 0 Å². The van der Waals surface area contributed by atoms with Crippen molar-refractivity contribution < 1.29 is 0 Å². The van der Waals surface area contributed by atoms with Gasteiger partial charge in [-0.2, -0.15) is 0 Å². The number of benzene rings is 1. The van der Waals surface area contributed by atoms with Crippen molar-refractivity contribution in [1.29, 1.82) is 0 Å². The minimum atomic E-state index is 0.719. The summed E-state index contributed by atoms with van der Waals surface area (Å²) in [5, 5.41) is 1.12. The lowest BCUT2D eigenvalue weighted by molar-refractivity contribution is 0.133. The van der Waals surface area contributed by atoms with Crippen LogP contribution in [0.25, 0.3) is 10.9 Å². The van der Waals surface area contributed by atoms with E-state index in [1.54, 1.807) is 0 Å². The van der Waals surface area contributed by atoms with Crippen LogP contribution in [0.15, 0.2) is 30.3 Å². The van der Waals surface area contributed by atoms with Crippen molar-refractivity contribution in [2.24, 2.45) is 0 Å². The summed E-state index contributed by atoms with van der Waals surface area (Å²) in [6.07, 6.45) is 4.08. The molecule has 2 aromatic rings. The summed E-state index contributed by atoms with van der Waals surface area (Å²) >= 11 is 0. The number of pyridine rings is 1. The van der Waals surface area contributed by atoms with E-state index in [4.69, 9.17) is 10.7 Å². The smallest absolute Gasteiger partial charge is 0.129 e. The fraction of sp³-hybridized carbons (Fsp3) is 0.471. The second-order valence-corrected chi connectivity index (χ2v) is 6.25. The predicted molar refractivity (Wildman–Crippen MR) is 87.6 cm³/mol. The molecule has 1 aromatic carbocycles. The van der Waals surface area contributed by atoms with Gasteiger partial charge in [-0.15, -0.1) is 0 Å². The highest BCUT2D eigenvalue weighted by Crippen LogP contribution is 2.25. The van der Waals surface area contributed by atoms with E-state index in [0.717, 1.165) is 41.5 Å². The van der Waals surface area contributed by atoms with Gasteiger partial charge in [0.1, 0.15) is 5.82 Å². The molecule has 0 radical (unpaired) electrons. The molecule has 0 amide bonds. The summed E-state index contributed by atoms with van der Waals surface area (Å²) in [5.74, 6) is 1.11. The number of nitrogens with zero attached hydrogens (tertiary/aromatic N) is 3. The second-order valence-electron chi connectivity index (χ2n) is 6.25. The average Bonchev–Trinajstić information content (AvgIpc) is 2.54. The minimum Gasteiger partial charge on any atom is -0.399 e. The first-order valence-electron chi connectivity index (χ1n) is 7.95. The molecule has 1 aromatic heterocycles. The second kappa shape index (κ2) is 5.19. The number of piperazine rings is 1. The molecule has 0 bridgehead atoms. The Morgan fingerprint density at radius 2 is 2.00 bits per heavy atom. The summed E-state index contributed by atoms with van der Waals surface area (Å²) in [5.41, 5.74) is 7.67. The Kier molecular flexibility index (Phi) is 3.19. The van der Waals surface area contributed by atoms with Crippen molar-refractivity contribution in [3.8, 4) is 0 Å². The zero-order valence-electron chi connectivity index (χ0n) is 12.3. The van der Waals surface area contributed by atoms with Gasteiger partial charge < -0.3 is 10.6 Å². The lowest BCUT2D eigenvalue weighted by atomic mass is 9.99. The molecule has 1 atom stereocenters. The highest BCUT2D eigenvalue weighted by Gasteiger charge is 2.29. The number of hydrogen-bond donors (Lipinski definition) is 1. The Balaban J connectivity index is 1.59. The van der Waals surface area contributed by atoms with Gasteiger partial charge in [0.05, 0.1) is 5.52 Å². The van der Waals surface area contributed by atoms with Crippen LogP contribution >= 0.6 is 0 Å². The summed E-state index contributed by atoms with van der Waals surface area (Å²) in [7, 11) is 0. The number of aromatic nitrogens is 1. The summed E-state index contributed by atoms with van der Waals surface area (Å²) in [4.78, 5) is 9.93. The van der Waals surface area contributed by atoms with Gasteiger partial charge in [-0.05, 0) is 49.7 Å². The molecule has 2 N–H and O–H groups in total. The van der Waals surface area contributed by atoms with Crippen molar-refractivity contribution in [2.45, 2.75) is 25.3 Å². The van der Waals surface area contributed by atoms with E-state index in [2.05, 4.69) is 21.9 Å². The maximum atomic E-state index is 5.83. The van der Waals surface area contributed by atoms with E-state index in [1.165, 1.54) is 32.4 Å². The third kappa shape index (κ3) is 2.44. The molecule has 0 spiro atoms. The first kappa shape index (κ1) is 12.9. The number of fused-ring (bicyclic) bond motifs is 2. The summed E-state index contributed by atoms with van der Waals surface area (Å²) < 4.78 is 0. The highest BCUT2D eigenvalue weighted by atomic mass is 15.3. The number of nitrogen functional groups attached to an aromatic ring is 1. The Morgan fingerprint density at radius 1 is 1.05 bits per heavy atom. The molecule has 2 saturated heterocycles. The Morgan fingerprint density at radius 3 is 2.95 bits per heavy atom. The topological polar surface area (TPSA) is 45.4 Å². The number of rotatable bonds is 1. The van der Waals surface area contributed by atoms with Gasteiger partial charge in [0, 0.05) is 36.7 Å². The number of hydrogen-bond acceptors (Lipinski definition) is 4. The first-order valence-corrected chi connectivity index (χ1v) is 7.95. The molecular weight excluding hydrogens is 260 g/mol. The molecule has 4 rings (SSSR count). The van der Waals surface area contributed by atoms with Gasteiger partial charge in [-0.1, -0.05) is 6.42 Å². The third-order valence-electron chi connectivity index (χ3n) is 4.86. The normalized spacial score (nSPS) is 23.2. The molecular formula is C17H22N4. The molecule has 4 nitrogen and oxygen atoms in total. The van der Waals surface area contributed by atoms with Crippen molar-refractivity contribution in [1.82, 2.24) is 9.88 Å². The number of piperidine rings is 1. The van der Waals surface area contributed by atoms with Gasteiger partial charge in [0.2, 0.25) is 0 Å². The van der Waals surface area contributed by atoms with Crippen LogP contribution in [0, 0.1) is 0 Å². The number of anilines is 2. The van der Waals surface area contributed by atoms with Gasteiger partial charge in [-0.25, -0.2) is 4.98 Å². The molecule has 110 valence electrons. The van der Waals surface area contributed by atoms with Crippen LogP contribution in [0.2, 0.25) is 0 Å². The quantitative estimate of drug-likeness (QED) is 0.816. The van der Waals surface area contributed by atoms with Crippen LogP contribution in [-0.2, 0) is 0 Å². The van der Waals surface area contributed by atoms with E-state index in [0.29, 0.717) is 0 Å². The zero-order valence-corrected chi connectivity index (χ0v) is 12.3. The van der Waals surface area contributed by atoms with Crippen molar-refractivity contribution in [3.05, 3.63) is 30.3 Å². The van der Waals surface area contributed by atoms with E-state index in [9.17, 15) is 0 Å². The molecule has 0 saturated carbocycles. The molecule has 3 heterocycles. The fourth-order valence-corrected chi connectivity index (χ4v) is 3.67. The maximum Gasteiger partial charge on any atom is 0.129 e. The maximum absolute atomic E-state index is 5.83. The van der Waals surface area contributed by atoms with Crippen LogP contribution in [0.4, 0.5) is 11.5 Å². The van der Waals surface area contributed by atoms with E-state index < -0.39 is 0 Å². The van der Waals surface area contributed by atoms with E-state index >= 15 is 0 Å². The van der Waals surface area contributed by atoms with Crippen LogP contribution < -0.4 is 10.6 Å². The van der Waals surface area contributed by atoms with Crippen molar-refractivity contribution in [2.75, 3.05) is 36.8 Å². The van der Waals surface area contributed by atoms with E-state index in [1.807, 2.05) is 18.2 Å². The SMILES string of the molecule is Nc1ccc2nc(N3CCN4CCCCC4C3)ccc2c1. The summed E-state index contributed by atoms with van der Waals surface area (Å²) in [6.45, 7) is 4.66. The average molecular weight is 282 g/mol. The van der Waals surface area contributed by atoms with Crippen molar-refractivity contribution in [3.63, 3.8) is 0 Å². The van der Waals surface area contributed by atoms with Crippen LogP contribution in [-0.4, -0.2) is 42.1 Å².